The van der Waals surface area contributed by atoms with E-state index in [1.165, 1.54) is 49.3 Å². The zero-order valence-electron chi connectivity index (χ0n) is 29.3. The first-order chi connectivity index (χ1) is 21.5. The maximum atomic E-state index is 2.28. The second-order valence-electron chi connectivity index (χ2n) is 10.0. The number of rotatable bonds is 12. The molecule has 0 amide bonds. The molecule has 0 aliphatic rings. The summed E-state index contributed by atoms with van der Waals surface area (Å²) in [5.41, 5.74) is 0. The first kappa shape index (κ1) is 44.1. The summed E-state index contributed by atoms with van der Waals surface area (Å²) in [6.07, 6.45) is 10.5. The number of benzene rings is 4. The molecule has 0 heterocycles. The van der Waals surface area contributed by atoms with E-state index in [-0.39, 0.29) is 48.2 Å². The Hall–Kier alpha value is -0.906. The van der Waals surface area contributed by atoms with Crippen molar-refractivity contribution in [2.75, 3.05) is 49.3 Å². The van der Waals surface area contributed by atoms with Crippen molar-refractivity contribution in [3.63, 3.8) is 0 Å². The average molecular weight is 724 g/mol. The topological polar surface area (TPSA) is 0 Å². The van der Waals surface area contributed by atoms with E-state index in [1.54, 1.807) is 21.2 Å². The fourth-order valence-corrected chi connectivity index (χ4v) is 12.0. The van der Waals surface area contributed by atoms with Gasteiger partial charge in [-0.25, -0.2) is 0 Å². The molecule has 0 unspecified atom stereocenters. The Labute approximate surface area is 294 Å². The molecule has 0 aromatic heterocycles. The van der Waals surface area contributed by atoms with Crippen molar-refractivity contribution in [3.05, 3.63) is 121 Å². The van der Waals surface area contributed by atoms with Gasteiger partial charge in [-0.3, -0.25) is 0 Å². The monoisotopic (exact) mass is 722 g/mol. The number of hydrogen-bond donors (Lipinski definition) is 0. The third kappa shape index (κ3) is 18.3. The molecule has 0 saturated carbocycles. The van der Waals surface area contributed by atoms with Crippen molar-refractivity contribution < 1.29 is 16.5 Å². The largest absolute Gasteiger partial charge is 0.0759 e. The standard InChI is InChI=1S/4C10H15P.Ni/c4*1-3-11(4-2)10-8-6-5-7-9-10;/h4*5-9H,3-4H2,1-2H3;. The van der Waals surface area contributed by atoms with E-state index in [2.05, 4.69) is 177 Å². The SMILES string of the molecule is CCP(CC)c1ccccc1.CCP(CC)c1ccccc1.CCP(CC)c1ccccc1.CCP(CC)c1ccccc1.[Ni]. The van der Waals surface area contributed by atoms with Crippen molar-refractivity contribution in [2.45, 2.75) is 55.4 Å². The number of hydrogen-bond acceptors (Lipinski definition) is 0. The molecule has 5 heteroatoms. The molecule has 0 nitrogen and oxygen atoms in total. The van der Waals surface area contributed by atoms with Gasteiger partial charge in [-0.1, -0.05) is 208 Å². The molecule has 0 aliphatic heterocycles. The van der Waals surface area contributed by atoms with Crippen LogP contribution in [0.5, 0.6) is 0 Å². The van der Waals surface area contributed by atoms with Gasteiger partial charge in [-0.05, 0) is 70.5 Å². The molecule has 0 N–H and O–H groups in total. The van der Waals surface area contributed by atoms with E-state index in [1.807, 2.05) is 0 Å². The first-order valence-electron chi connectivity index (χ1n) is 16.7. The Morgan fingerprint density at radius 2 is 0.400 bits per heavy atom. The molecule has 0 atom stereocenters. The molecule has 250 valence electrons. The average Bonchev–Trinajstić information content (AvgIpc) is 3.10. The zero-order chi connectivity index (χ0) is 32.4. The summed E-state index contributed by atoms with van der Waals surface area (Å²) in [6, 6.07) is 43.4. The molecule has 4 rings (SSSR count). The smallest absolute Gasteiger partial charge is 0 e. The molecule has 0 aliphatic carbocycles. The van der Waals surface area contributed by atoms with Crippen LogP contribution in [-0.2, 0) is 16.5 Å². The van der Waals surface area contributed by atoms with Crippen LogP contribution in [-0.4, -0.2) is 49.3 Å². The van der Waals surface area contributed by atoms with Crippen LogP contribution < -0.4 is 21.2 Å². The Morgan fingerprint density at radius 3 is 0.511 bits per heavy atom. The van der Waals surface area contributed by atoms with Gasteiger partial charge >= 0.3 is 0 Å². The van der Waals surface area contributed by atoms with Gasteiger partial charge in [-0.15, -0.1) is 0 Å². The quantitative estimate of drug-likeness (QED) is 0.101. The second-order valence-corrected chi connectivity index (χ2v) is 21.5. The summed E-state index contributed by atoms with van der Waals surface area (Å²) in [5, 5.41) is 6.19. The minimum atomic E-state index is 0. The third-order valence-corrected chi connectivity index (χ3v) is 17.8. The van der Waals surface area contributed by atoms with Crippen molar-refractivity contribution in [1.82, 2.24) is 0 Å². The van der Waals surface area contributed by atoms with Gasteiger partial charge in [-0.2, -0.15) is 0 Å². The van der Waals surface area contributed by atoms with Crippen LogP contribution >= 0.6 is 31.7 Å². The maximum Gasteiger partial charge on any atom is 0 e. The van der Waals surface area contributed by atoms with Gasteiger partial charge in [0.25, 0.3) is 0 Å². The summed E-state index contributed by atoms with van der Waals surface area (Å²) in [4.78, 5) is 0. The Balaban J connectivity index is 0.000000569. The minimum Gasteiger partial charge on any atom is -0.0759 e. The van der Waals surface area contributed by atoms with Crippen LogP contribution in [0.3, 0.4) is 0 Å². The first-order valence-corrected chi connectivity index (χ1v) is 23.6. The van der Waals surface area contributed by atoms with Crippen LogP contribution in [0.1, 0.15) is 55.4 Å². The van der Waals surface area contributed by atoms with Crippen LogP contribution in [0.15, 0.2) is 121 Å². The molecule has 0 spiro atoms. The van der Waals surface area contributed by atoms with Gasteiger partial charge in [0.05, 0.1) is 0 Å². The molecule has 4 aromatic carbocycles. The summed E-state index contributed by atoms with van der Waals surface area (Å²) >= 11 is 0. The van der Waals surface area contributed by atoms with E-state index in [9.17, 15) is 0 Å². The Kier molecular flexibility index (Phi) is 28.7. The molecule has 0 saturated heterocycles. The van der Waals surface area contributed by atoms with Crippen LogP contribution in [0.25, 0.3) is 0 Å². The molecule has 0 fully saturated rings. The van der Waals surface area contributed by atoms with Crippen molar-refractivity contribution >= 4 is 52.9 Å². The maximum absolute atomic E-state index is 2.28. The molecular formula is C40H60NiP4. The molecule has 0 radical (unpaired) electrons. The summed E-state index contributed by atoms with van der Waals surface area (Å²) in [7, 11) is 0.595. The van der Waals surface area contributed by atoms with E-state index in [0.29, 0.717) is 0 Å². The predicted molar refractivity (Wildman–Crippen MR) is 216 cm³/mol. The molecular weight excluding hydrogens is 663 g/mol. The fourth-order valence-electron chi connectivity index (χ4n) is 4.91. The Bertz CT molecular complexity index is 954. The minimum absolute atomic E-state index is 0. The van der Waals surface area contributed by atoms with Crippen molar-refractivity contribution in [2.24, 2.45) is 0 Å². The van der Waals surface area contributed by atoms with Gasteiger partial charge in [0, 0.05) is 16.5 Å². The third-order valence-electron chi connectivity index (χ3n) is 7.54. The fraction of sp³-hybridized carbons (Fsp3) is 0.400. The van der Waals surface area contributed by atoms with Crippen molar-refractivity contribution in [1.29, 1.82) is 0 Å². The van der Waals surface area contributed by atoms with Gasteiger partial charge < -0.3 is 0 Å². The van der Waals surface area contributed by atoms with E-state index < -0.39 is 0 Å². The normalized spacial score (nSPS) is 10.2. The van der Waals surface area contributed by atoms with Crippen LogP contribution in [0.4, 0.5) is 0 Å². The van der Waals surface area contributed by atoms with E-state index in [0.717, 1.165) is 0 Å². The molecule has 0 bridgehead atoms. The Morgan fingerprint density at radius 1 is 0.267 bits per heavy atom. The van der Waals surface area contributed by atoms with Gasteiger partial charge in [0.1, 0.15) is 0 Å². The second kappa shape index (κ2) is 29.2. The van der Waals surface area contributed by atoms with Crippen LogP contribution in [0, 0.1) is 0 Å². The van der Waals surface area contributed by atoms with Gasteiger partial charge in [0.2, 0.25) is 0 Å². The van der Waals surface area contributed by atoms with Crippen molar-refractivity contribution in [3.8, 4) is 0 Å². The molecule has 4 aromatic rings. The zero-order valence-corrected chi connectivity index (χ0v) is 33.9. The predicted octanol–water partition coefficient (Wildman–Crippen LogP) is 11.3. The van der Waals surface area contributed by atoms with E-state index >= 15 is 0 Å². The van der Waals surface area contributed by atoms with E-state index in [4.69, 9.17) is 0 Å². The summed E-state index contributed by atoms with van der Waals surface area (Å²) < 4.78 is 0. The summed E-state index contributed by atoms with van der Waals surface area (Å²) in [6.45, 7) is 18.2. The van der Waals surface area contributed by atoms with Gasteiger partial charge in [0.15, 0.2) is 0 Å². The molecule has 45 heavy (non-hydrogen) atoms. The summed E-state index contributed by atoms with van der Waals surface area (Å²) in [5.74, 6) is 0. The van der Waals surface area contributed by atoms with Crippen LogP contribution in [0.2, 0.25) is 0 Å².